The average molecular weight is 337 g/mol. The Morgan fingerprint density at radius 1 is 1.20 bits per heavy atom. The van der Waals surface area contributed by atoms with Crippen molar-refractivity contribution in [2.24, 2.45) is 0 Å². The predicted molar refractivity (Wildman–Crippen MR) is 91.5 cm³/mol. The Hall–Kier alpha value is -3.55. The van der Waals surface area contributed by atoms with Crippen LogP contribution in [0.2, 0.25) is 0 Å². The number of hydrogen-bond donors (Lipinski definition) is 1. The summed E-state index contributed by atoms with van der Waals surface area (Å²) in [5.41, 5.74) is 1.27. The van der Waals surface area contributed by atoms with Gasteiger partial charge < -0.3 is 5.32 Å². The van der Waals surface area contributed by atoms with Crippen LogP contribution in [0.3, 0.4) is 0 Å². The standard InChI is InChI=1S/C17H15N5O3/c1-12-18-8-9-21(12)16-7-4-14(11-19-16)20-17(23)10-13-2-5-15(6-3-13)22(24)25/h2-9,11H,10H2,1H3,(H,20,23). The van der Waals surface area contributed by atoms with Crippen LogP contribution in [0, 0.1) is 17.0 Å². The highest BCUT2D eigenvalue weighted by Crippen LogP contribution is 2.14. The van der Waals surface area contributed by atoms with Crippen molar-refractivity contribution in [3.05, 3.63) is 76.5 Å². The molecule has 0 aliphatic heterocycles. The van der Waals surface area contributed by atoms with E-state index in [1.54, 1.807) is 36.7 Å². The largest absolute Gasteiger partial charge is 0.324 e. The van der Waals surface area contributed by atoms with E-state index >= 15 is 0 Å². The van der Waals surface area contributed by atoms with Gasteiger partial charge in [-0.2, -0.15) is 0 Å². The van der Waals surface area contributed by atoms with E-state index in [9.17, 15) is 14.9 Å². The highest BCUT2D eigenvalue weighted by molar-refractivity contribution is 5.92. The lowest BCUT2D eigenvalue weighted by Crippen LogP contribution is -2.14. The van der Waals surface area contributed by atoms with Crippen LogP contribution in [-0.2, 0) is 11.2 Å². The summed E-state index contributed by atoms with van der Waals surface area (Å²) in [5, 5.41) is 13.4. The number of carbonyl (C=O) groups excluding carboxylic acids is 1. The van der Waals surface area contributed by atoms with Crippen LogP contribution in [0.25, 0.3) is 5.82 Å². The molecule has 0 aliphatic rings. The zero-order valence-electron chi connectivity index (χ0n) is 13.4. The molecule has 0 bridgehead atoms. The molecule has 3 rings (SSSR count). The molecule has 0 unspecified atom stereocenters. The van der Waals surface area contributed by atoms with E-state index < -0.39 is 4.92 Å². The van der Waals surface area contributed by atoms with Crippen molar-refractivity contribution in [1.29, 1.82) is 0 Å². The zero-order valence-corrected chi connectivity index (χ0v) is 13.4. The van der Waals surface area contributed by atoms with Gasteiger partial charge in [-0.1, -0.05) is 12.1 Å². The van der Waals surface area contributed by atoms with Crippen LogP contribution >= 0.6 is 0 Å². The molecular weight excluding hydrogens is 322 g/mol. The lowest BCUT2D eigenvalue weighted by Gasteiger charge is -2.07. The summed E-state index contributed by atoms with van der Waals surface area (Å²) in [7, 11) is 0. The van der Waals surface area contributed by atoms with Gasteiger partial charge in [-0.3, -0.25) is 19.5 Å². The fraction of sp³-hybridized carbons (Fsp3) is 0.118. The molecule has 0 fully saturated rings. The fourth-order valence-corrected chi connectivity index (χ4v) is 2.35. The van der Waals surface area contributed by atoms with Gasteiger partial charge in [0.15, 0.2) is 0 Å². The third kappa shape index (κ3) is 3.86. The van der Waals surface area contributed by atoms with Crippen molar-refractivity contribution in [2.75, 3.05) is 5.32 Å². The Balaban J connectivity index is 1.63. The molecule has 8 heteroatoms. The van der Waals surface area contributed by atoms with Gasteiger partial charge in [0.05, 0.1) is 23.2 Å². The summed E-state index contributed by atoms with van der Waals surface area (Å²) in [6.45, 7) is 1.88. The average Bonchev–Trinajstić information content (AvgIpc) is 3.02. The first-order valence-corrected chi connectivity index (χ1v) is 7.52. The van der Waals surface area contributed by atoms with Crippen LogP contribution < -0.4 is 5.32 Å². The summed E-state index contributed by atoms with van der Waals surface area (Å²) in [6, 6.07) is 9.45. The van der Waals surface area contributed by atoms with Crippen LogP contribution in [0.5, 0.6) is 0 Å². The number of benzene rings is 1. The number of aryl methyl sites for hydroxylation is 1. The lowest BCUT2D eigenvalue weighted by molar-refractivity contribution is -0.384. The Labute approximate surface area is 143 Å². The molecule has 2 aromatic heterocycles. The van der Waals surface area contributed by atoms with E-state index in [4.69, 9.17) is 0 Å². The van der Waals surface area contributed by atoms with Crippen molar-refractivity contribution < 1.29 is 9.72 Å². The van der Waals surface area contributed by atoms with E-state index in [1.807, 2.05) is 17.7 Å². The molecule has 126 valence electrons. The minimum absolute atomic E-state index is 0.00116. The summed E-state index contributed by atoms with van der Waals surface area (Å²) >= 11 is 0. The second kappa shape index (κ2) is 6.91. The third-order valence-electron chi connectivity index (χ3n) is 3.62. The van der Waals surface area contributed by atoms with Crippen molar-refractivity contribution in [2.45, 2.75) is 13.3 Å². The zero-order chi connectivity index (χ0) is 17.8. The number of nitrogens with one attached hydrogen (secondary N) is 1. The number of nitro groups is 1. The van der Waals surface area contributed by atoms with Gasteiger partial charge in [-0.05, 0) is 24.6 Å². The number of carbonyl (C=O) groups is 1. The number of anilines is 1. The van der Waals surface area contributed by atoms with Gasteiger partial charge in [-0.15, -0.1) is 0 Å². The predicted octanol–water partition coefficient (Wildman–Crippen LogP) is 2.67. The molecule has 25 heavy (non-hydrogen) atoms. The van der Waals surface area contributed by atoms with Gasteiger partial charge in [-0.25, -0.2) is 9.97 Å². The van der Waals surface area contributed by atoms with Gasteiger partial charge in [0.1, 0.15) is 11.6 Å². The summed E-state index contributed by atoms with van der Waals surface area (Å²) < 4.78 is 1.84. The van der Waals surface area contributed by atoms with Crippen molar-refractivity contribution in [3.63, 3.8) is 0 Å². The maximum Gasteiger partial charge on any atom is 0.269 e. The van der Waals surface area contributed by atoms with Crippen LogP contribution in [0.15, 0.2) is 55.0 Å². The van der Waals surface area contributed by atoms with Gasteiger partial charge in [0.2, 0.25) is 5.91 Å². The van der Waals surface area contributed by atoms with Crippen LogP contribution in [0.4, 0.5) is 11.4 Å². The molecule has 0 saturated heterocycles. The summed E-state index contributed by atoms with van der Waals surface area (Å²) in [6.07, 6.45) is 5.20. The van der Waals surface area contributed by atoms with E-state index in [-0.39, 0.29) is 18.0 Å². The molecule has 1 aromatic carbocycles. The first kappa shape index (κ1) is 16.3. The molecule has 2 heterocycles. The highest BCUT2D eigenvalue weighted by atomic mass is 16.6. The normalized spacial score (nSPS) is 10.4. The maximum absolute atomic E-state index is 12.1. The molecule has 3 aromatic rings. The smallest absolute Gasteiger partial charge is 0.269 e. The summed E-state index contributed by atoms with van der Waals surface area (Å²) in [4.78, 5) is 30.7. The molecule has 1 amide bonds. The molecule has 0 aliphatic carbocycles. The van der Waals surface area contributed by atoms with Crippen molar-refractivity contribution in [3.8, 4) is 5.82 Å². The third-order valence-corrected chi connectivity index (χ3v) is 3.62. The van der Waals surface area contributed by atoms with Crippen molar-refractivity contribution >= 4 is 17.3 Å². The topological polar surface area (TPSA) is 103 Å². The molecule has 0 spiro atoms. The van der Waals surface area contributed by atoms with Gasteiger partial charge in [0.25, 0.3) is 5.69 Å². The number of aromatic nitrogens is 3. The maximum atomic E-state index is 12.1. The van der Waals surface area contributed by atoms with Crippen LogP contribution in [0.1, 0.15) is 11.4 Å². The minimum Gasteiger partial charge on any atom is -0.324 e. The fourth-order valence-electron chi connectivity index (χ4n) is 2.35. The van der Waals surface area contributed by atoms with Crippen molar-refractivity contribution in [1.82, 2.24) is 14.5 Å². The Bertz CT molecular complexity index is 901. The first-order valence-electron chi connectivity index (χ1n) is 7.52. The number of non-ortho nitro benzene ring substituents is 1. The molecule has 0 radical (unpaired) electrons. The molecular formula is C17H15N5O3. The minimum atomic E-state index is -0.473. The Kier molecular flexibility index (Phi) is 4.51. The molecule has 8 nitrogen and oxygen atoms in total. The Morgan fingerprint density at radius 2 is 1.96 bits per heavy atom. The molecule has 1 N–H and O–H groups in total. The monoisotopic (exact) mass is 337 g/mol. The number of amides is 1. The SMILES string of the molecule is Cc1nccn1-c1ccc(NC(=O)Cc2ccc([N+](=O)[O-])cc2)cn1. The summed E-state index contributed by atoms with van der Waals surface area (Å²) in [5.74, 6) is 1.31. The first-order chi connectivity index (χ1) is 12.0. The van der Waals surface area contributed by atoms with E-state index in [0.29, 0.717) is 17.1 Å². The van der Waals surface area contributed by atoms with E-state index in [1.165, 1.54) is 12.1 Å². The molecule has 0 atom stereocenters. The highest BCUT2D eigenvalue weighted by Gasteiger charge is 2.08. The molecule has 0 saturated carbocycles. The second-order valence-corrected chi connectivity index (χ2v) is 5.40. The number of nitrogens with zero attached hydrogens (tertiary/aromatic N) is 4. The number of imidazole rings is 1. The van der Waals surface area contributed by atoms with E-state index in [2.05, 4.69) is 15.3 Å². The van der Waals surface area contributed by atoms with Gasteiger partial charge >= 0.3 is 0 Å². The number of rotatable bonds is 5. The van der Waals surface area contributed by atoms with Gasteiger partial charge in [0, 0.05) is 24.5 Å². The quantitative estimate of drug-likeness (QED) is 0.569. The number of pyridine rings is 1. The Morgan fingerprint density at radius 3 is 2.52 bits per heavy atom. The van der Waals surface area contributed by atoms with Crippen LogP contribution in [-0.4, -0.2) is 25.4 Å². The number of hydrogen-bond acceptors (Lipinski definition) is 5. The van der Waals surface area contributed by atoms with E-state index in [0.717, 1.165) is 5.82 Å². The number of nitro benzene ring substituents is 1. The lowest BCUT2D eigenvalue weighted by atomic mass is 10.1. The second-order valence-electron chi connectivity index (χ2n) is 5.40.